The van der Waals surface area contributed by atoms with Gasteiger partial charge in [0.25, 0.3) is 5.91 Å². The average Bonchev–Trinajstić information content (AvgIpc) is 3.48. The van der Waals surface area contributed by atoms with E-state index in [0.717, 1.165) is 41.4 Å². The lowest BCUT2D eigenvalue weighted by atomic mass is 10.1. The van der Waals surface area contributed by atoms with Crippen molar-refractivity contribution >= 4 is 33.8 Å². The number of hydrogen-bond donors (Lipinski definition) is 1. The summed E-state index contributed by atoms with van der Waals surface area (Å²) in [6, 6.07) is 13.1. The van der Waals surface area contributed by atoms with Gasteiger partial charge in [0, 0.05) is 35.2 Å². The molecule has 0 radical (unpaired) electrons. The SMILES string of the molecule is CC1=NN(c2ccc(C(=O)Nc3nc(-c4ccc5c(c4)OCO5)cs3)cc2)CC1. The number of benzene rings is 2. The molecular formula is C21H18N4O3S. The van der Waals surface area contributed by atoms with Crippen molar-refractivity contribution in [1.29, 1.82) is 0 Å². The van der Waals surface area contributed by atoms with E-state index in [1.807, 2.05) is 47.6 Å². The number of anilines is 2. The van der Waals surface area contributed by atoms with Crippen LogP contribution in [-0.2, 0) is 0 Å². The molecule has 1 amide bonds. The normalized spacial score (nSPS) is 14.8. The van der Waals surface area contributed by atoms with Crippen LogP contribution in [-0.4, -0.2) is 29.9 Å². The van der Waals surface area contributed by atoms with Crippen LogP contribution >= 0.6 is 11.3 Å². The van der Waals surface area contributed by atoms with Crippen LogP contribution in [0.2, 0.25) is 0 Å². The average molecular weight is 406 g/mol. The van der Waals surface area contributed by atoms with Gasteiger partial charge in [-0.05, 0) is 49.4 Å². The maximum Gasteiger partial charge on any atom is 0.257 e. The fraction of sp³-hybridized carbons (Fsp3) is 0.190. The molecule has 2 aliphatic heterocycles. The third-order valence-corrected chi connectivity index (χ3v) is 5.56. The molecule has 5 rings (SSSR count). The number of amides is 1. The van der Waals surface area contributed by atoms with Gasteiger partial charge in [-0.1, -0.05) is 0 Å². The number of nitrogens with one attached hydrogen (secondary N) is 1. The molecular weight excluding hydrogens is 388 g/mol. The number of nitrogens with zero attached hydrogens (tertiary/aromatic N) is 3. The van der Waals surface area contributed by atoms with Crippen LogP contribution in [0.1, 0.15) is 23.7 Å². The first-order valence-electron chi connectivity index (χ1n) is 9.24. The lowest BCUT2D eigenvalue weighted by Crippen LogP contribution is -2.14. The molecule has 1 N–H and O–H groups in total. The van der Waals surface area contributed by atoms with Crippen molar-refractivity contribution in [2.24, 2.45) is 5.10 Å². The molecule has 0 bridgehead atoms. The summed E-state index contributed by atoms with van der Waals surface area (Å²) in [5.74, 6) is 1.25. The molecule has 0 atom stereocenters. The molecule has 0 aliphatic carbocycles. The first kappa shape index (κ1) is 17.7. The number of hydrazone groups is 1. The first-order valence-corrected chi connectivity index (χ1v) is 10.1. The molecule has 0 unspecified atom stereocenters. The maximum atomic E-state index is 12.6. The van der Waals surface area contributed by atoms with Gasteiger partial charge in [0.2, 0.25) is 6.79 Å². The van der Waals surface area contributed by atoms with Crippen LogP contribution in [0.25, 0.3) is 11.3 Å². The van der Waals surface area contributed by atoms with Crippen molar-refractivity contribution < 1.29 is 14.3 Å². The molecule has 29 heavy (non-hydrogen) atoms. The standard InChI is InChI=1S/C21H18N4O3S/c1-13-8-9-25(24-13)16-5-2-14(3-6-16)20(26)23-21-22-17(11-29-21)15-4-7-18-19(10-15)28-12-27-18/h2-7,10-11H,8-9,12H2,1H3,(H,22,23,26). The number of aromatic nitrogens is 1. The number of thiazole rings is 1. The minimum Gasteiger partial charge on any atom is -0.454 e. The van der Waals surface area contributed by atoms with Gasteiger partial charge in [0.1, 0.15) is 0 Å². The second-order valence-corrected chi connectivity index (χ2v) is 7.67. The number of carbonyl (C=O) groups is 1. The monoisotopic (exact) mass is 406 g/mol. The third-order valence-electron chi connectivity index (χ3n) is 4.80. The van der Waals surface area contributed by atoms with Crippen molar-refractivity contribution in [2.45, 2.75) is 13.3 Å². The van der Waals surface area contributed by atoms with Gasteiger partial charge in [-0.15, -0.1) is 11.3 Å². The van der Waals surface area contributed by atoms with E-state index >= 15 is 0 Å². The van der Waals surface area contributed by atoms with Crippen LogP contribution in [0.5, 0.6) is 11.5 Å². The highest BCUT2D eigenvalue weighted by Crippen LogP contribution is 2.36. The van der Waals surface area contributed by atoms with E-state index < -0.39 is 0 Å². The Morgan fingerprint density at radius 1 is 1.14 bits per heavy atom. The van der Waals surface area contributed by atoms with Crippen molar-refractivity contribution in [1.82, 2.24) is 4.98 Å². The predicted octanol–water partition coefficient (Wildman–Crippen LogP) is 4.38. The van der Waals surface area contributed by atoms with Gasteiger partial charge in [-0.2, -0.15) is 5.10 Å². The van der Waals surface area contributed by atoms with E-state index in [0.29, 0.717) is 16.4 Å². The summed E-state index contributed by atoms with van der Waals surface area (Å²) in [5, 5.41) is 11.8. The van der Waals surface area contributed by atoms with Crippen LogP contribution in [0.15, 0.2) is 52.9 Å². The highest BCUT2D eigenvalue weighted by molar-refractivity contribution is 7.14. The quantitative estimate of drug-likeness (QED) is 0.696. The van der Waals surface area contributed by atoms with Gasteiger partial charge in [0.15, 0.2) is 16.6 Å². The number of hydrogen-bond acceptors (Lipinski definition) is 7. The van der Waals surface area contributed by atoms with E-state index in [1.54, 1.807) is 12.1 Å². The number of rotatable bonds is 4. The second-order valence-electron chi connectivity index (χ2n) is 6.82. The van der Waals surface area contributed by atoms with E-state index in [2.05, 4.69) is 15.4 Å². The van der Waals surface area contributed by atoms with Crippen LogP contribution in [0, 0.1) is 0 Å². The van der Waals surface area contributed by atoms with Gasteiger partial charge >= 0.3 is 0 Å². The summed E-state index contributed by atoms with van der Waals surface area (Å²) in [4.78, 5) is 17.1. The summed E-state index contributed by atoms with van der Waals surface area (Å²) in [6.07, 6.45) is 0.970. The highest BCUT2D eigenvalue weighted by Gasteiger charge is 2.17. The van der Waals surface area contributed by atoms with E-state index in [1.165, 1.54) is 11.3 Å². The van der Waals surface area contributed by atoms with E-state index in [-0.39, 0.29) is 12.7 Å². The molecule has 0 saturated carbocycles. The molecule has 1 aromatic heterocycles. The molecule has 8 heteroatoms. The molecule has 3 aromatic rings. The Labute approximate surface area is 171 Å². The van der Waals surface area contributed by atoms with Gasteiger partial charge in [0.05, 0.1) is 11.4 Å². The molecule has 146 valence electrons. The van der Waals surface area contributed by atoms with Crippen LogP contribution < -0.4 is 19.8 Å². The summed E-state index contributed by atoms with van der Waals surface area (Å²) in [7, 11) is 0. The minimum absolute atomic E-state index is 0.191. The van der Waals surface area contributed by atoms with Gasteiger partial charge in [-0.3, -0.25) is 15.1 Å². The molecule has 3 heterocycles. The van der Waals surface area contributed by atoms with Gasteiger partial charge < -0.3 is 9.47 Å². The smallest absolute Gasteiger partial charge is 0.257 e. The predicted molar refractivity (Wildman–Crippen MR) is 113 cm³/mol. The molecule has 2 aliphatic rings. The first-order chi connectivity index (χ1) is 14.2. The zero-order valence-electron chi connectivity index (χ0n) is 15.7. The minimum atomic E-state index is -0.191. The van der Waals surface area contributed by atoms with Crippen LogP contribution in [0.4, 0.5) is 10.8 Å². The Bertz CT molecular complexity index is 1110. The zero-order chi connectivity index (χ0) is 19.8. The number of fused-ring (bicyclic) bond motifs is 1. The fourth-order valence-electron chi connectivity index (χ4n) is 3.23. The summed E-state index contributed by atoms with van der Waals surface area (Å²) >= 11 is 1.38. The Morgan fingerprint density at radius 3 is 2.76 bits per heavy atom. The highest BCUT2D eigenvalue weighted by atomic mass is 32.1. The van der Waals surface area contributed by atoms with Crippen LogP contribution in [0.3, 0.4) is 0 Å². The van der Waals surface area contributed by atoms with Crippen molar-refractivity contribution in [3.8, 4) is 22.8 Å². The third kappa shape index (κ3) is 3.54. The summed E-state index contributed by atoms with van der Waals surface area (Å²) < 4.78 is 10.7. The Hall–Kier alpha value is -3.39. The second kappa shape index (κ2) is 7.21. The van der Waals surface area contributed by atoms with Crippen molar-refractivity contribution in [2.75, 3.05) is 23.7 Å². The maximum absolute atomic E-state index is 12.6. The fourth-order valence-corrected chi connectivity index (χ4v) is 3.95. The summed E-state index contributed by atoms with van der Waals surface area (Å²) in [6.45, 7) is 3.13. The molecule has 7 nitrogen and oxygen atoms in total. The van der Waals surface area contributed by atoms with Gasteiger partial charge in [-0.25, -0.2) is 4.98 Å². The van der Waals surface area contributed by atoms with E-state index in [9.17, 15) is 4.79 Å². The number of ether oxygens (including phenoxy) is 2. The Morgan fingerprint density at radius 2 is 1.97 bits per heavy atom. The Balaban J connectivity index is 1.28. The van der Waals surface area contributed by atoms with Crippen molar-refractivity contribution in [3.63, 3.8) is 0 Å². The Kier molecular flexibility index (Phi) is 4.40. The molecule has 2 aromatic carbocycles. The molecule has 0 spiro atoms. The molecule has 0 saturated heterocycles. The lowest BCUT2D eigenvalue weighted by Gasteiger charge is -2.13. The number of carbonyl (C=O) groups excluding carboxylic acids is 1. The summed E-state index contributed by atoms with van der Waals surface area (Å²) in [5.41, 5.74) is 4.37. The molecule has 0 fully saturated rings. The zero-order valence-corrected chi connectivity index (χ0v) is 16.5. The van der Waals surface area contributed by atoms with Crippen molar-refractivity contribution in [3.05, 3.63) is 53.4 Å². The van der Waals surface area contributed by atoms with E-state index in [4.69, 9.17) is 9.47 Å². The lowest BCUT2D eigenvalue weighted by molar-refractivity contribution is 0.102. The topological polar surface area (TPSA) is 76.1 Å². The largest absolute Gasteiger partial charge is 0.454 e.